The Morgan fingerprint density at radius 2 is 1.69 bits per heavy atom. The van der Waals surface area contributed by atoms with Crippen molar-refractivity contribution < 1.29 is 9.90 Å². The van der Waals surface area contributed by atoms with Gasteiger partial charge in [-0.15, -0.1) is 0 Å². The zero-order chi connectivity index (χ0) is 22.2. The van der Waals surface area contributed by atoms with Crippen molar-refractivity contribution in [2.75, 3.05) is 44.2 Å². The molecule has 2 atom stereocenters. The summed E-state index contributed by atoms with van der Waals surface area (Å²) in [5, 5.41) is 13.0. The van der Waals surface area contributed by atoms with Crippen molar-refractivity contribution in [2.45, 2.75) is 12.1 Å². The summed E-state index contributed by atoms with van der Waals surface area (Å²) in [4.78, 5) is 23.8. The van der Waals surface area contributed by atoms with Crippen molar-refractivity contribution >= 4 is 45.8 Å². The van der Waals surface area contributed by atoms with Crippen molar-refractivity contribution in [1.82, 2.24) is 14.8 Å². The number of amides is 1. The van der Waals surface area contributed by atoms with Gasteiger partial charge in [-0.05, 0) is 42.5 Å². The number of β-amino-alcohol motifs (C(OH)–C–C–N with tert-alkyl or cyclic N) is 1. The van der Waals surface area contributed by atoms with Crippen LogP contribution >= 0.6 is 23.2 Å². The molecule has 0 radical (unpaired) electrons. The smallest absolute Gasteiger partial charge is 0.253 e. The second-order valence-corrected chi connectivity index (χ2v) is 9.20. The molecular formula is C24H24Cl2N4O2. The first-order valence-electron chi connectivity index (χ1n) is 10.8. The van der Waals surface area contributed by atoms with Crippen LogP contribution in [0.25, 0.3) is 10.9 Å². The lowest BCUT2D eigenvalue weighted by molar-refractivity contribution is 0.0376. The van der Waals surface area contributed by atoms with Crippen molar-refractivity contribution in [3.63, 3.8) is 0 Å². The molecule has 2 aliphatic rings. The van der Waals surface area contributed by atoms with Crippen LogP contribution < -0.4 is 4.90 Å². The quantitative estimate of drug-likeness (QED) is 0.634. The van der Waals surface area contributed by atoms with Crippen LogP contribution in [0.15, 0.2) is 54.6 Å². The summed E-state index contributed by atoms with van der Waals surface area (Å²) < 4.78 is 0. The standard InChI is InChI=1S/C24H24Cl2N4O2/c25-18-7-4-17(5-8-18)24(32)29-12-10-28(11-13-29)20-14-30(15-21(20)31)22-9-6-16-2-1-3-19(26)23(16)27-22/h1-9,20-21,31H,10-15H2/t20-,21-/m0/s1. The summed E-state index contributed by atoms with van der Waals surface area (Å²) in [5.74, 6) is 0.843. The molecule has 1 amide bonds. The summed E-state index contributed by atoms with van der Waals surface area (Å²) >= 11 is 12.3. The summed E-state index contributed by atoms with van der Waals surface area (Å²) in [5.41, 5.74) is 1.43. The van der Waals surface area contributed by atoms with Crippen LogP contribution in [0.1, 0.15) is 10.4 Å². The molecule has 32 heavy (non-hydrogen) atoms. The van der Waals surface area contributed by atoms with E-state index in [0.29, 0.717) is 41.8 Å². The number of carbonyl (C=O) groups excluding carboxylic acids is 1. The highest BCUT2D eigenvalue weighted by Crippen LogP contribution is 2.28. The number of para-hydroxylation sites is 1. The summed E-state index contributed by atoms with van der Waals surface area (Å²) in [7, 11) is 0. The predicted octanol–water partition coefficient (Wildman–Crippen LogP) is 3.55. The number of piperazine rings is 1. The van der Waals surface area contributed by atoms with E-state index in [0.717, 1.165) is 29.8 Å². The molecule has 6 nitrogen and oxygen atoms in total. The largest absolute Gasteiger partial charge is 0.390 e. The Kier molecular flexibility index (Phi) is 5.95. The van der Waals surface area contributed by atoms with Crippen LogP contribution in [0, 0.1) is 0 Å². The van der Waals surface area contributed by atoms with Crippen LogP contribution in [0.3, 0.4) is 0 Å². The number of hydrogen-bond donors (Lipinski definition) is 1. The molecule has 3 heterocycles. The van der Waals surface area contributed by atoms with Crippen LogP contribution in [-0.4, -0.2) is 77.2 Å². The van der Waals surface area contributed by atoms with Gasteiger partial charge in [0.25, 0.3) is 5.91 Å². The molecule has 8 heteroatoms. The second-order valence-electron chi connectivity index (χ2n) is 8.36. The lowest BCUT2D eigenvalue weighted by Crippen LogP contribution is -2.54. The van der Waals surface area contributed by atoms with Gasteiger partial charge >= 0.3 is 0 Å². The summed E-state index contributed by atoms with van der Waals surface area (Å²) in [6.07, 6.45) is -0.475. The van der Waals surface area contributed by atoms with Gasteiger partial charge in [0.1, 0.15) is 5.82 Å². The Hall–Kier alpha value is -2.38. The van der Waals surface area contributed by atoms with Crippen molar-refractivity contribution in [3.8, 4) is 0 Å². The number of aromatic nitrogens is 1. The average molecular weight is 471 g/mol. The zero-order valence-corrected chi connectivity index (χ0v) is 19.0. The third-order valence-corrected chi connectivity index (χ3v) is 6.96. The Labute approximate surface area is 197 Å². The molecule has 0 unspecified atom stereocenters. The lowest BCUT2D eigenvalue weighted by atomic mass is 10.1. The van der Waals surface area contributed by atoms with Gasteiger partial charge in [-0.25, -0.2) is 4.98 Å². The molecule has 2 aliphatic heterocycles. The third-order valence-electron chi connectivity index (χ3n) is 6.40. The SMILES string of the molecule is O=C(c1ccc(Cl)cc1)N1CCN([C@H]2CN(c3ccc4cccc(Cl)c4n3)C[C@@H]2O)CC1. The van der Waals surface area contributed by atoms with Gasteiger partial charge in [-0.2, -0.15) is 0 Å². The number of nitrogens with zero attached hydrogens (tertiary/aromatic N) is 4. The number of fused-ring (bicyclic) bond motifs is 1. The number of aliphatic hydroxyl groups excluding tert-OH is 1. The molecule has 0 aliphatic carbocycles. The van der Waals surface area contributed by atoms with E-state index in [9.17, 15) is 9.90 Å². The molecule has 3 aromatic rings. The minimum atomic E-state index is -0.475. The Morgan fingerprint density at radius 3 is 2.44 bits per heavy atom. The Bertz CT molecular complexity index is 1130. The van der Waals surface area contributed by atoms with Crippen LogP contribution in [0.2, 0.25) is 10.0 Å². The monoisotopic (exact) mass is 470 g/mol. The topological polar surface area (TPSA) is 59.9 Å². The highest BCUT2D eigenvalue weighted by Gasteiger charge is 2.38. The lowest BCUT2D eigenvalue weighted by Gasteiger charge is -2.38. The second kappa shape index (κ2) is 8.87. The van der Waals surface area contributed by atoms with Crippen molar-refractivity contribution in [3.05, 3.63) is 70.2 Å². The van der Waals surface area contributed by atoms with E-state index in [1.165, 1.54) is 0 Å². The Balaban J connectivity index is 1.23. The van der Waals surface area contributed by atoms with Gasteiger partial charge in [0.2, 0.25) is 0 Å². The number of pyridine rings is 1. The molecule has 2 fully saturated rings. The van der Waals surface area contributed by atoms with Gasteiger partial charge < -0.3 is 14.9 Å². The Morgan fingerprint density at radius 1 is 0.938 bits per heavy atom. The fraction of sp³-hybridized carbons (Fsp3) is 0.333. The first-order valence-corrected chi connectivity index (χ1v) is 11.5. The van der Waals surface area contributed by atoms with Gasteiger partial charge in [-0.3, -0.25) is 9.69 Å². The van der Waals surface area contributed by atoms with E-state index in [-0.39, 0.29) is 11.9 Å². The van der Waals surface area contributed by atoms with E-state index >= 15 is 0 Å². The maximum atomic E-state index is 12.8. The molecular weight excluding hydrogens is 447 g/mol. The summed E-state index contributed by atoms with van der Waals surface area (Å²) in [6, 6.07) is 16.8. The normalized spacial score (nSPS) is 22.0. The molecule has 166 valence electrons. The first kappa shape index (κ1) is 21.5. The third kappa shape index (κ3) is 4.16. The number of anilines is 1. The number of carbonyl (C=O) groups is 1. The number of rotatable bonds is 3. The highest BCUT2D eigenvalue weighted by atomic mass is 35.5. The van der Waals surface area contributed by atoms with E-state index < -0.39 is 6.10 Å². The number of aliphatic hydroxyl groups is 1. The van der Waals surface area contributed by atoms with Gasteiger partial charge in [0.15, 0.2) is 0 Å². The molecule has 0 spiro atoms. The number of hydrogen-bond acceptors (Lipinski definition) is 5. The van der Waals surface area contributed by atoms with Crippen LogP contribution in [-0.2, 0) is 0 Å². The van der Waals surface area contributed by atoms with Crippen molar-refractivity contribution in [2.24, 2.45) is 0 Å². The molecule has 5 rings (SSSR count). The van der Waals surface area contributed by atoms with Crippen LogP contribution in [0.5, 0.6) is 0 Å². The molecule has 2 saturated heterocycles. The molecule has 1 aromatic heterocycles. The van der Waals surface area contributed by atoms with Gasteiger partial charge in [-0.1, -0.05) is 35.3 Å². The average Bonchev–Trinajstić information content (AvgIpc) is 3.21. The molecule has 0 bridgehead atoms. The first-order chi connectivity index (χ1) is 15.5. The maximum absolute atomic E-state index is 12.8. The zero-order valence-electron chi connectivity index (χ0n) is 17.5. The van der Waals surface area contributed by atoms with E-state index in [1.54, 1.807) is 24.3 Å². The highest BCUT2D eigenvalue weighted by molar-refractivity contribution is 6.35. The van der Waals surface area contributed by atoms with Gasteiger partial charge in [0.05, 0.1) is 22.7 Å². The van der Waals surface area contributed by atoms with E-state index in [4.69, 9.17) is 28.2 Å². The fourth-order valence-electron chi connectivity index (χ4n) is 4.62. The van der Waals surface area contributed by atoms with E-state index in [2.05, 4.69) is 9.80 Å². The number of halogens is 2. The van der Waals surface area contributed by atoms with Crippen molar-refractivity contribution in [1.29, 1.82) is 0 Å². The number of benzene rings is 2. The molecule has 0 saturated carbocycles. The fourth-order valence-corrected chi connectivity index (χ4v) is 4.97. The van der Waals surface area contributed by atoms with Gasteiger partial charge in [0, 0.05) is 55.2 Å². The summed E-state index contributed by atoms with van der Waals surface area (Å²) in [6.45, 7) is 3.94. The van der Waals surface area contributed by atoms with Crippen LogP contribution in [0.4, 0.5) is 5.82 Å². The molecule has 1 N–H and O–H groups in total. The van der Waals surface area contributed by atoms with E-state index in [1.807, 2.05) is 35.2 Å². The maximum Gasteiger partial charge on any atom is 0.253 e. The predicted molar refractivity (Wildman–Crippen MR) is 128 cm³/mol. The molecule has 2 aromatic carbocycles. The minimum absolute atomic E-state index is 0.00604. The minimum Gasteiger partial charge on any atom is -0.390 e.